The molecule has 1 amide bonds. The largest absolute Gasteiger partial charge is 1.00 e. The van der Waals surface area contributed by atoms with E-state index in [9.17, 15) is 13.2 Å². The van der Waals surface area contributed by atoms with Crippen molar-refractivity contribution in [3.63, 3.8) is 0 Å². The number of hydrogen-bond acceptors (Lipinski definition) is 5. The van der Waals surface area contributed by atoms with Crippen molar-refractivity contribution in [3.8, 4) is 0 Å². The van der Waals surface area contributed by atoms with Gasteiger partial charge in [-0.3, -0.25) is 0 Å². The van der Waals surface area contributed by atoms with Crippen LogP contribution in [-0.4, -0.2) is 24.3 Å². The summed E-state index contributed by atoms with van der Waals surface area (Å²) in [6, 6.07) is 7.29. The number of carbonyl (C=O) groups is 1. The second kappa shape index (κ2) is 7.68. The summed E-state index contributed by atoms with van der Waals surface area (Å²) in [5.41, 5.74) is 1.05. The Morgan fingerprint density at radius 1 is 1.18 bits per heavy atom. The number of carbonyl (C=O) groups excluding carboxylic acids is 1. The maximum Gasteiger partial charge on any atom is 1.00 e. The molecule has 9 heteroatoms. The van der Waals surface area contributed by atoms with Gasteiger partial charge in [0.2, 0.25) is 5.95 Å². The first-order chi connectivity index (χ1) is 9.87. The van der Waals surface area contributed by atoms with E-state index in [0.717, 1.165) is 0 Å². The maximum absolute atomic E-state index is 12.2. The normalized spacial score (nSPS) is 10.5. The van der Waals surface area contributed by atoms with Crippen LogP contribution in [0, 0.1) is 6.92 Å². The minimum Gasteiger partial charge on any atom is -0.627 e. The molecule has 0 aliphatic carbocycles. The average Bonchev–Trinajstić information content (AvgIpc) is 2.38. The van der Waals surface area contributed by atoms with Crippen LogP contribution in [0.3, 0.4) is 0 Å². The molecule has 0 aliphatic rings. The van der Waals surface area contributed by atoms with E-state index in [1.165, 1.54) is 37.4 Å². The zero-order valence-corrected chi connectivity index (χ0v) is 15.3. The average molecular weight is 328 g/mol. The summed E-state index contributed by atoms with van der Waals surface area (Å²) in [5, 5.41) is 3.70. The van der Waals surface area contributed by atoms with Crippen LogP contribution < -0.4 is 34.3 Å². The fourth-order valence-electron chi connectivity index (χ4n) is 1.56. The molecule has 110 valence electrons. The topological polar surface area (TPSA) is 103 Å². The molecule has 1 heterocycles. The molecule has 2 rings (SSSR count). The predicted molar refractivity (Wildman–Crippen MR) is 77.7 cm³/mol. The molecule has 0 saturated heterocycles. The van der Waals surface area contributed by atoms with E-state index in [4.69, 9.17) is 0 Å². The predicted octanol–water partition coefficient (Wildman–Crippen LogP) is -0.858. The van der Waals surface area contributed by atoms with E-state index in [1.54, 1.807) is 13.0 Å². The summed E-state index contributed by atoms with van der Waals surface area (Å²) >= 11 is 0. The van der Waals surface area contributed by atoms with Gasteiger partial charge >= 0.3 is 29.6 Å². The summed E-state index contributed by atoms with van der Waals surface area (Å²) in [5.74, 6) is -0.343. The molecule has 0 spiro atoms. The zero-order chi connectivity index (χ0) is 15.5. The zero-order valence-electron chi connectivity index (χ0n) is 12.4. The minimum atomic E-state index is -3.78. The van der Waals surface area contributed by atoms with Gasteiger partial charge in [0, 0.05) is 11.9 Å². The fraction of sp³-hybridized carbons (Fsp3) is 0.154. The van der Waals surface area contributed by atoms with Crippen molar-refractivity contribution < 1.29 is 42.8 Å². The van der Waals surface area contributed by atoms with Crippen LogP contribution in [0.5, 0.6) is 0 Å². The molecule has 2 aromatic rings. The number of aryl methyl sites for hydroxylation is 1. The van der Waals surface area contributed by atoms with Crippen LogP contribution in [0.15, 0.2) is 41.4 Å². The van der Waals surface area contributed by atoms with E-state index in [0.29, 0.717) is 11.4 Å². The Hall–Kier alpha value is -1.48. The van der Waals surface area contributed by atoms with Gasteiger partial charge in [0.15, 0.2) is 0 Å². The Morgan fingerprint density at radius 2 is 1.82 bits per heavy atom. The Kier molecular flexibility index (Phi) is 6.48. The number of benzene rings is 1. The van der Waals surface area contributed by atoms with Gasteiger partial charge in [-0.05, 0) is 32.0 Å². The minimum absolute atomic E-state index is 0. The van der Waals surface area contributed by atoms with Crippen molar-refractivity contribution in [1.29, 1.82) is 0 Å². The van der Waals surface area contributed by atoms with Gasteiger partial charge in [-0.1, -0.05) is 12.1 Å². The Labute approximate surface area is 150 Å². The quantitative estimate of drug-likeness (QED) is 0.736. The number of anilines is 1. The summed E-state index contributed by atoms with van der Waals surface area (Å²) in [7, 11) is -3.78. The molecule has 0 unspecified atom stereocenters. The molecule has 0 bridgehead atoms. The van der Waals surface area contributed by atoms with Gasteiger partial charge in [0.05, 0.1) is 10.8 Å². The third kappa shape index (κ3) is 5.06. The van der Waals surface area contributed by atoms with Crippen LogP contribution in [0.4, 0.5) is 11.6 Å². The van der Waals surface area contributed by atoms with Crippen LogP contribution in [0.2, 0.25) is 0 Å². The third-order valence-corrected chi connectivity index (χ3v) is 3.80. The number of nitrogens with zero attached hydrogens (tertiary/aromatic N) is 3. The molecule has 7 nitrogen and oxygen atoms in total. The van der Waals surface area contributed by atoms with Gasteiger partial charge in [0.25, 0.3) is 10.0 Å². The first-order valence-electron chi connectivity index (χ1n) is 6.02. The second-order valence-corrected chi connectivity index (χ2v) is 5.93. The molecule has 0 atom stereocenters. The molecule has 0 saturated carbocycles. The first-order valence-corrected chi connectivity index (χ1v) is 7.50. The van der Waals surface area contributed by atoms with Crippen LogP contribution >= 0.6 is 0 Å². The number of hydrogen-bond donors (Lipinski definition) is 1. The molecule has 22 heavy (non-hydrogen) atoms. The number of nitrogens with one attached hydrogen (secondary N) is 1. The maximum atomic E-state index is 12.2. The monoisotopic (exact) mass is 328 g/mol. The Balaban J connectivity index is 0.00000242. The van der Waals surface area contributed by atoms with Crippen molar-refractivity contribution in [2.75, 3.05) is 4.72 Å². The van der Waals surface area contributed by atoms with E-state index in [1.807, 2.05) is 0 Å². The van der Waals surface area contributed by atoms with Crippen molar-refractivity contribution in [3.05, 3.63) is 47.5 Å². The Morgan fingerprint density at radius 3 is 2.36 bits per heavy atom. The van der Waals surface area contributed by atoms with E-state index in [-0.39, 0.29) is 46.3 Å². The van der Waals surface area contributed by atoms with Crippen LogP contribution in [0.1, 0.15) is 12.6 Å². The van der Waals surface area contributed by atoms with E-state index >= 15 is 0 Å². The molecule has 0 radical (unpaired) electrons. The molecule has 1 N–H and O–H groups in total. The number of aromatic nitrogens is 2. The van der Waals surface area contributed by atoms with Gasteiger partial charge in [-0.25, -0.2) is 23.1 Å². The molecule has 1 aromatic carbocycles. The molecule has 0 fully saturated rings. The number of rotatable bonds is 4. The van der Waals surface area contributed by atoms with Crippen molar-refractivity contribution >= 4 is 27.6 Å². The van der Waals surface area contributed by atoms with Crippen LogP contribution in [-0.2, 0) is 14.8 Å². The third-order valence-electron chi connectivity index (χ3n) is 2.45. The molecule has 1 aromatic heterocycles. The first kappa shape index (κ1) is 18.6. The summed E-state index contributed by atoms with van der Waals surface area (Å²) in [4.78, 5) is 18.7. The SMILES string of the molecule is CC(=O)[N-]c1ccc(S(=O)(=O)Nc2nccc(C)n2)cc1.[Na+]. The fourth-order valence-corrected chi connectivity index (χ4v) is 2.51. The standard InChI is InChI=1S/C13H14N4O3S.Na/c1-9-7-8-14-13(15-9)17-21(19,20)12-5-3-11(4-6-12)16-10(2)18;/h3-8H,1-2H3,(H2,14,15,16,17,18);/q;+1/p-1. The van der Waals surface area contributed by atoms with E-state index < -0.39 is 10.0 Å². The second-order valence-electron chi connectivity index (χ2n) is 4.25. The van der Waals surface area contributed by atoms with Crippen molar-refractivity contribution in [2.24, 2.45) is 0 Å². The molecular formula is C13H13N4NaO3S. The van der Waals surface area contributed by atoms with Gasteiger partial charge < -0.3 is 10.1 Å². The van der Waals surface area contributed by atoms with Gasteiger partial charge in [-0.2, -0.15) is 0 Å². The molecular weight excluding hydrogens is 315 g/mol. The number of sulfonamides is 1. The smallest absolute Gasteiger partial charge is 0.627 e. The van der Waals surface area contributed by atoms with Gasteiger partial charge in [-0.15, -0.1) is 5.69 Å². The molecule has 0 aliphatic heterocycles. The van der Waals surface area contributed by atoms with Crippen LogP contribution in [0.25, 0.3) is 5.32 Å². The van der Waals surface area contributed by atoms with Crippen molar-refractivity contribution in [1.82, 2.24) is 9.97 Å². The van der Waals surface area contributed by atoms with Gasteiger partial charge in [0.1, 0.15) is 0 Å². The summed E-state index contributed by atoms with van der Waals surface area (Å²) < 4.78 is 26.6. The van der Waals surface area contributed by atoms with E-state index in [2.05, 4.69) is 20.0 Å². The Bertz CT molecular complexity index is 763. The summed E-state index contributed by atoms with van der Waals surface area (Å²) in [6.07, 6.45) is 1.47. The number of amides is 1. The van der Waals surface area contributed by atoms with Crippen molar-refractivity contribution in [2.45, 2.75) is 18.7 Å². The summed E-state index contributed by atoms with van der Waals surface area (Å²) in [6.45, 7) is 3.05.